The average Bonchev–Trinajstić information content (AvgIpc) is 2.69. The molecule has 0 fully saturated rings. The Morgan fingerprint density at radius 1 is 0.964 bits per heavy atom. The summed E-state index contributed by atoms with van der Waals surface area (Å²) in [6.07, 6.45) is 1.35. The second-order valence-corrected chi connectivity index (χ2v) is 12.7. The molecule has 0 heterocycles. The fourth-order valence-electron chi connectivity index (χ4n) is 3.70. The molecule has 0 saturated carbocycles. The lowest BCUT2D eigenvalue weighted by molar-refractivity contribution is 0.127. The Balaban J connectivity index is 2.26. The number of aliphatic hydroxyl groups is 2. The van der Waals surface area contributed by atoms with Crippen LogP contribution in [0.2, 0.25) is 5.04 Å². The van der Waals surface area contributed by atoms with Crippen LogP contribution in [0.1, 0.15) is 40.0 Å². The van der Waals surface area contributed by atoms with Crippen LogP contribution in [0.4, 0.5) is 0 Å². The van der Waals surface area contributed by atoms with E-state index in [-0.39, 0.29) is 11.6 Å². The zero-order valence-electron chi connectivity index (χ0n) is 17.4. The molecule has 0 aromatic heterocycles. The second kappa shape index (κ2) is 10.2. The van der Waals surface area contributed by atoms with Crippen LogP contribution in [-0.2, 0) is 4.43 Å². The molecule has 28 heavy (non-hydrogen) atoms. The fourth-order valence-corrected chi connectivity index (χ4v) is 8.28. The molecule has 0 amide bonds. The van der Waals surface area contributed by atoms with E-state index >= 15 is 0 Å². The number of hydrogen-bond donors (Lipinski definition) is 2. The first-order valence-electron chi connectivity index (χ1n) is 10.0. The molecule has 0 spiro atoms. The summed E-state index contributed by atoms with van der Waals surface area (Å²) in [7, 11) is -2.54. The predicted octanol–water partition coefficient (Wildman–Crippen LogP) is 3.64. The van der Waals surface area contributed by atoms with Crippen LogP contribution < -0.4 is 10.4 Å². The predicted molar refractivity (Wildman–Crippen MR) is 120 cm³/mol. The Kier molecular flexibility index (Phi) is 8.19. The summed E-state index contributed by atoms with van der Waals surface area (Å²) in [5, 5.41) is 21.8. The van der Waals surface area contributed by atoms with Crippen LogP contribution >= 0.6 is 0 Å². The molecule has 2 N–H and O–H groups in total. The monoisotopic (exact) mass is 398 g/mol. The SMILES string of the molecule is C=C(CO)CC[C@@H](O)CCO[Si](c1ccccc1)(c1ccccc1)C(C)(C)C. The summed E-state index contributed by atoms with van der Waals surface area (Å²) >= 11 is 0. The smallest absolute Gasteiger partial charge is 0.261 e. The lowest BCUT2D eigenvalue weighted by Gasteiger charge is -2.43. The van der Waals surface area contributed by atoms with Crippen LogP contribution in [0.15, 0.2) is 72.8 Å². The first kappa shape index (κ1) is 22.6. The van der Waals surface area contributed by atoms with Crippen LogP contribution in [0.25, 0.3) is 0 Å². The Hall–Kier alpha value is -1.72. The molecule has 2 aromatic rings. The number of rotatable bonds is 10. The van der Waals surface area contributed by atoms with Crippen molar-refractivity contribution in [3.63, 3.8) is 0 Å². The van der Waals surface area contributed by atoms with Crippen LogP contribution in [-0.4, -0.2) is 37.8 Å². The van der Waals surface area contributed by atoms with Crippen LogP contribution in [0, 0.1) is 0 Å². The lowest BCUT2D eigenvalue weighted by atomic mass is 10.1. The van der Waals surface area contributed by atoms with Gasteiger partial charge in [-0.2, -0.15) is 0 Å². The summed E-state index contributed by atoms with van der Waals surface area (Å²) in [6.45, 7) is 11.0. The third kappa shape index (κ3) is 5.42. The van der Waals surface area contributed by atoms with Gasteiger partial charge in [0.1, 0.15) is 0 Å². The van der Waals surface area contributed by atoms with Crippen molar-refractivity contribution in [3.05, 3.63) is 72.8 Å². The van der Waals surface area contributed by atoms with Crippen molar-refractivity contribution in [2.75, 3.05) is 13.2 Å². The van der Waals surface area contributed by atoms with Crippen molar-refractivity contribution >= 4 is 18.7 Å². The van der Waals surface area contributed by atoms with E-state index in [9.17, 15) is 5.11 Å². The Morgan fingerprint density at radius 3 is 1.89 bits per heavy atom. The molecule has 1 atom stereocenters. The summed E-state index contributed by atoms with van der Waals surface area (Å²) in [5.74, 6) is 0. The normalized spacial score (nSPS) is 13.3. The molecule has 2 aromatic carbocycles. The van der Waals surface area contributed by atoms with Gasteiger partial charge in [-0.05, 0) is 34.7 Å². The van der Waals surface area contributed by atoms with Gasteiger partial charge in [0, 0.05) is 6.61 Å². The molecule has 0 radical (unpaired) electrons. The molecule has 0 aliphatic carbocycles. The first-order valence-corrected chi connectivity index (χ1v) is 11.9. The molecule has 0 unspecified atom stereocenters. The molecular formula is C24H34O3Si. The minimum atomic E-state index is -2.54. The van der Waals surface area contributed by atoms with E-state index in [2.05, 4.69) is 75.9 Å². The molecular weight excluding hydrogens is 364 g/mol. The van der Waals surface area contributed by atoms with E-state index in [1.54, 1.807) is 0 Å². The van der Waals surface area contributed by atoms with E-state index in [1.165, 1.54) is 10.4 Å². The largest absolute Gasteiger partial charge is 0.407 e. The minimum Gasteiger partial charge on any atom is -0.407 e. The molecule has 3 nitrogen and oxygen atoms in total. The van der Waals surface area contributed by atoms with E-state index < -0.39 is 14.4 Å². The second-order valence-electron chi connectivity index (χ2n) is 8.40. The number of aliphatic hydroxyl groups excluding tert-OH is 2. The van der Waals surface area contributed by atoms with Crippen molar-refractivity contribution in [3.8, 4) is 0 Å². The molecule has 2 rings (SSSR count). The molecule has 0 bridgehead atoms. The standard InChI is InChI=1S/C24H34O3Si/c1-20(19-25)15-16-21(26)17-18-27-28(24(2,3)4,22-11-7-5-8-12-22)23-13-9-6-10-14-23/h5-14,21,25-26H,1,15-19H2,2-4H3/t21-/m1/s1. The molecule has 0 aliphatic heterocycles. The summed E-state index contributed by atoms with van der Waals surface area (Å²) < 4.78 is 6.78. The van der Waals surface area contributed by atoms with Gasteiger partial charge in [0.2, 0.25) is 0 Å². The van der Waals surface area contributed by atoms with Gasteiger partial charge in [-0.15, -0.1) is 0 Å². The van der Waals surface area contributed by atoms with Crippen molar-refractivity contribution in [2.45, 2.75) is 51.2 Å². The average molecular weight is 399 g/mol. The van der Waals surface area contributed by atoms with Crippen molar-refractivity contribution < 1.29 is 14.6 Å². The third-order valence-corrected chi connectivity index (χ3v) is 10.3. The van der Waals surface area contributed by atoms with Crippen LogP contribution in [0.5, 0.6) is 0 Å². The number of benzene rings is 2. The Morgan fingerprint density at radius 2 is 1.46 bits per heavy atom. The van der Waals surface area contributed by atoms with Gasteiger partial charge in [0.15, 0.2) is 0 Å². The molecule has 152 valence electrons. The summed E-state index contributed by atoms with van der Waals surface area (Å²) in [6, 6.07) is 21.1. The lowest BCUT2D eigenvalue weighted by Crippen LogP contribution is -2.66. The third-order valence-electron chi connectivity index (χ3n) is 5.24. The van der Waals surface area contributed by atoms with Crippen molar-refractivity contribution in [1.82, 2.24) is 0 Å². The zero-order chi connectivity index (χ0) is 20.6. The maximum absolute atomic E-state index is 10.3. The van der Waals surface area contributed by atoms with E-state index in [4.69, 9.17) is 9.53 Å². The summed E-state index contributed by atoms with van der Waals surface area (Å²) in [4.78, 5) is 0. The molecule has 0 aliphatic rings. The van der Waals surface area contributed by atoms with Gasteiger partial charge in [-0.1, -0.05) is 93.6 Å². The Labute approximate surface area is 170 Å². The highest BCUT2D eigenvalue weighted by Gasteiger charge is 2.49. The molecule has 4 heteroatoms. The maximum atomic E-state index is 10.3. The van der Waals surface area contributed by atoms with Crippen molar-refractivity contribution in [2.24, 2.45) is 0 Å². The zero-order valence-corrected chi connectivity index (χ0v) is 18.4. The Bertz CT molecular complexity index is 683. The highest BCUT2D eigenvalue weighted by molar-refractivity contribution is 6.99. The fraction of sp³-hybridized carbons (Fsp3) is 0.417. The topological polar surface area (TPSA) is 49.7 Å². The summed E-state index contributed by atoms with van der Waals surface area (Å²) in [5.41, 5.74) is 0.756. The van der Waals surface area contributed by atoms with Gasteiger partial charge >= 0.3 is 0 Å². The molecule has 0 saturated heterocycles. The highest BCUT2D eigenvalue weighted by Crippen LogP contribution is 2.36. The number of hydrogen-bond acceptors (Lipinski definition) is 3. The maximum Gasteiger partial charge on any atom is 0.261 e. The first-order chi connectivity index (χ1) is 13.3. The van der Waals surface area contributed by atoms with E-state index in [0.717, 1.165) is 5.57 Å². The van der Waals surface area contributed by atoms with Crippen molar-refractivity contribution in [1.29, 1.82) is 0 Å². The van der Waals surface area contributed by atoms with E-state index in [1.807, 2.05) is 12.1 Å². The van der Waals surface area contributed by atoms with Gasteiger partial charge in [0.25, 0.3) is 8.32 Å². The quantitative estimate of drug-likeness (QED) is 0.474. The van der Waals surface area contributed by atoms with Gasteiger partial charge in [-0.25, -0.2) is 0 Å². The highest BCUT2D eigenvalue weighted by atomic mass is 28.4. The van der Waals surface area contributed by atoms with E-state index in [0.29, 0.717) is 25.9 Å². The van der Waals surface area contributed by atoms with Crippen LogP contribution in [0.3, 0.4) is 0 Å². The minimum absolute atomic E-state index is 0.0225. The van der Waals surface area contributed by atoms with Gasteiger partial charge in [-0.3, -0.25) is 0 Å². The van der Waals surface area contributed by atoms with Gasteiger partial charge in [0.05, 0.1) is 12.7 Å². The van der Waals surface area contributed by atoms with Gasteiger partial charge < -0.3 is 14.6 Å².